The topological polar surface area (TPSA) is 67.3 Å². The number of hydrogen-bond acceptors (Lipinski definition) is 5. The Morgan fingerprint density at radius 2 is 2.12 bits per heavy atom. The number of aromatic nitrogens is 2. The van der Waals surface area contributed by atoms with E-state index in [1.807, 2.05) is 37.3 Å². The van der Waals surface area contributed by atoms with Gasteiger partial charge in [-0.25, -0.2) is 9.97 Å². The van der Waals surface area contributed by atoms with Gasteiger partial charge in [-0.3, -0.25) is 4.79 Å². The minimum Gasteiger partial charge on any atom is -0.489 e. The van der Waals surface area contributed by atoms with Gasteiger partial charge in [-0.2, -0.15) is 0 Å². The molecule has 1 saturated heterocycles. The molecule has 3 rings (SSSR count). The Kier molecular flexibility index (Phi) is 5.38. The predicted molar refractivity (Wildman–Crippen MR) is 97.0 cm³/mol. The van der Waals surface area contributed by atoms with Crippen LogP contribution in [0.15, 0.2) is 36.5 Å². The molecule has 132 valence electrons. The third-order valence-electron chi connectivity index (χ3n) is 4.18. The smallest absolute Gasteiger partial charge is 0.224 e. The van der Waals surface area contributed by atoms with Gasteiger partial charge in [0, 0.05) is 26.1 Å². The van der Waals surface area contributed by atoms with Crippen LogP contribution in [0.4, 0.5) is 5.82 Å². The van der Waals surface area contributed by atoms with E-state index >= 15 is 0 Å². The van der Waals surface area contributed by atoms with Crippen molar-refractivity contribution in [1.29, 1.82) is 0 Å². The Bertz CT molecular complexity index is 738. The number of hydrogen-bond donors (Lipinski definition) is 1. The maximum atomic E-state index is 11.1. The lowest BCUT2D eigenvalue weighted by Gasteiger charge is -2.18. The first kappa shape index (κ1) is 17.5. The van der Waals surface area contributed by atoms with Crippen LogP contribution < -0.4 is 15.0 Å². The Morgan fingerprint density at radius 3 is 2.80 bits per heavy atom. The zero-order valence-electron chi connectivity index (χ0n) is 14.3. The first-order chi connectivity index (χ1) is 12.0. The van der Waals surface area contributed by atoms with E-state index in [4.69, 9.17) is 16.3 Å². The highest BCUT2D eigenvalue weighted by Gasteiger charge is 2.25. The van der Waals surface area contributed by atoms with Crippen LogP contribution in [0.3, 0.4) is 0 Å². The van der Waals surface area contributed by atoms with Crippen LogP contribution in [0.5, 0.6) is 5.75 Å². The van der Waals surface area contributed by atoms with Gasteiger partial charge < -0.3 is 15.0 Å². The van der Waals surface area contributed by atoms with Crippen molar-refractivity contribution >= 4 is 23.3 Å². The molecule has 1 aliphatic heterocycles. The summed E-state index contributed by atoms with van der Waals surface area (Å²) in [4.78, 5) is 21.4. The average Bonchev–Trinajstić information content (AvgIpc) is 3.03. The van der Waals surface area contributed by atoms with Gasteiger partial charge in [-0.15, -0.1) is 0 Å². The van der Waals surface area contributed by atoms with Crippen molar-refractivity contribution in [2.45, 2.75) is 32.4 Å². The Hall–Kier alpha value is -2.34. The van der Waals surface area contributed by atoms with Gasteiger partial charge in [0.05, 0.1) is 12.6 Å². The van der Waals surface area contributed by atoms with Crippen molar-refractivity contribution in [3.63, 3.8) is 0 Å². The molecule has 1 unspecified atom stereocenters. The van der Waals surface area contributed by atoms with Crippen molar-refractivity contribution in [3.05, 3.63) is 47.4 Å². The van der Waals surface area contributed by atoms with E-state index in [9.17, 15) is 4.79 Å². The number of amides is 1. The molecule has 1 fully saturated rings. The van der Waals surface area contributed by atoms with Gasteiger partial charge in [0.2, 0.25) is 11.2 Å². The first-order valence-electron chi connectivity index (χ1n) is 8.28. The monoisotopic (exact) mass is 360 g/mol. The van der Waals surface area contributed by atoms with E-state index in [-0.39, 0.29) is 23.3 Å². The number of anilines is 1. The molecule has 1 amide bonds. The van der Waals surface area contributed by atoms with Gasteiger partial charge >= 0.3 is 0 Å². The third kappa shape index (κ3) is 4.60. The summed E-state index contributed by atoms with van der Waals surface area (Å²) in [5, 5.41) is 3.13. The minimum absolute atomic E-state index is 0.0176. The van der Waals surface area contributed by atoms with Crippen LogP contribution in [-0.2, 0) is 4.79 Å². The van der Waals surface area contributed by atoms with E-state index in [0.29, 0.717) is 0 Å². The summed E-state index contributed by atoms with van der Waals surface area (Å²) in [6.45, 7) is 5.11. The fraction of sp³-hybridized carbons (Fsp3) is 0.389. The number of halogens is 1. The molecule has 0 spiro atoms. The maximum Gasteiger partial charge on any atom is 0.224 e. The number of benzene rings is 1. The summed E-state index contributed by atoms with van der Waals surface area (Å²) in [5.41, 5.74) is 1.05. The van der Waals surface area contributed by atoms with Crippen LogP contribution in [0.1, 0.15) is 31.9 Å². The Labute approximate surface area is 152 Å². The van der Waals surface area contributed by atoms with Crippen molar-refractivity contribution < 1.29 is 9.53 Å². The average molecular weight is 361 g/mol. The number of nitrogens with zero attached hydrogens (tertiary/aromatic N) is 3. The number of carbonyl (C=O) groups is 1. The summed E-state index contributed by atoms with van der Waals surface area (Å²) < 4.78 is 6.07. The van der Waals surface area contributed by atoms with Crippen LogP contribution in [0.25, 0.3) is 0 Å². The minimum atomic E-state index is -0.0382. The Balaban J connectivity index is 1.57. The summed E-state index contributed by atoms with van der Waals surface area (Å²) >= 11 is 5.85. The molecule has 7 heteroatoms. The molecule has 0 aliphatic carbocycles. The van der Waals surface area contributed by atoms with Gasteiger partial charge in [0.1, 0.15) is 17.7 Å². The first-order valence-corrected chi connectivity index (χ1v) is 8.66. The molecule has 2 aromatic rings. The molecule has 25 heavy (non-hydrogen) atoms. The quantitative estimate of drug-likeness (QED) is 0.830. The van der Waals surface area contributed by atoms with Crippen LogP contribution in [0, 0.1) is 0 Å². The van der Waals surface area contributed by atoms with Crippen molar-refractivity contribution in [2.24, 2.45) is 0 Å². The van der Waals surface area contributed by atoms with Gasteiger partial charge in [0.15, 0.2) is 0 Å². The molecule has 1 aromatic carbocycles. The number of carbonyl (C=O) groups excluding carboxylic acids is 1. The zero-order chi connectivity index (χ0) is 17.8. The predicted octanol–water partition coefficient (Wildman–Crippen LogP) is 2.98. The number of nitrogens with one attached hydrogen (secondary N) is 1. The van der Waals surface area contributed by atoms with E-state index in [2.05, 4.69) is 20.2 Å². The number of rotatable bonds is 5. The molecule has 0 radical (unpaired) electrons. The summed E-state index contributed by atoms with van der Waals surface area (Å²) in [6, 6.07) is 9.68. The lowest BCUT2D eigenvalue weighted by molar-refractivity contribution is -0.119. The fourth-order valence-electron chi connectivity index (χ4n) is 2.95. The highest BCUT2D eigenvalue weighted by atomic mass is 35.5. The molecule has 1 aliphatic rings. The van der Waals surface area contributed by atoms with Crippen LogP contribution >= 0.6 is 11.6 Å². The highest BCUT2D eigenvalue weighted by molar-refractivity contribution is 6.28. The molecule has 1 N–H and O–H groups in total. The van der Waals surface area contributed by atoms with Crippen molar-refractivity contribution in [3.8, 4) is 5.75 Å². The third-order valence-corrected chi connectivity index (χ3v) is 4.37. The molecule has 6 nitrogen and oxygen atoms in total. The van der Waals surface area contributed by atoms with E-state index in [0.717, 1.165) is 36.6 Å². The molecular formula is C18H21ClN4O2. The lowest BCUT2D eigenvalue weighted by atomic mass is 10.1. The number of ether oxygens (including phenoxy) is 1. The van der Waals surface area contributed by atoms with Crippen molar-refractivity contribution in [1.82, 2.24) is 15.3 Å². The fourth-order valence-corrected chi connectivity index (χ4v) is 3.09. The molecule has 2 atom stereocenters. The molecule has 2 heterocycles. The zero-order valence-corrected chi connectivity index (χ0v) is 15.0. The second kappa shape index (κ2) is 7.70. The summed E-state index contributed by atoms with van der Waals surface area (Å²) in [7, 11) is 0. The summed E-state index contributed by atoms with van der Waals surface area (Å²) in [5.74, 6) is 1.61. The standard InChI is InChI=1S/C18H21ClN4O2/c1-12(21-13(2)24)14-3-5-15(6-4-14)25-16-8-10-23(11-16)17-7-9-20-18(19)22-17/h3-7,9,12,16H,8,10-11H2,1-2H3,(H,21,24)/t12-,16?/m0/s1. The Morgan fingerprint density at radius 1 is 1.36 bits per heavy atom. The molecule has 0 bridgehead atoms. The normalized spacial score (nSPS) is 18.0. The van der Waals surface area contributed by atoms with Crippen molar-refractivity contribution in [2.75, 3.05) is 18.0 Å². The second-order valence-corrected chi connectivity index (χ2v) is 6.49. The van der Waals surface area contributed by atoms with Gasteiger partial charge in [-0.1, -0.05) is 12.1 Å². The lowest BCUT2D eigenvalue weighted by Crippen LogP contribution is -2.25. The van der Waals surface area contributed by atoms with Gasteiger partial charge in [-0.05, 0) is 42.3 Å². The molecular weight excluding hydrogens is 340 g/mol. The largest absolute Gasteiger partial charge is 0.489 e. The van der Waals surface area contributed by atoms with Crippen LogP contribution in [0.2, 0.25) is 5.28 Å². The maximum absolute atomic E-state index is 11.1. The SMILES string of the molecule is CC(=O)N[C@@H](C)c1ccc(OC2CCN(c3ccnc(Cl)n3)C2)cc1. The summed E-state index contributed by atoms with van der Waals surface area (Å²) in [6.07, 6.45) is 2.69. The van der Waals surface area contributed by atoms with Crippen LogP contribution in [-0.4, -0.2) is 35.1 Å². The van der Waals surface area contributed by atoms with E-state index in [1.165, 1.54) is 6.92 Å². The molecule has 0 saturated carbocycles. The molecule has 1 aromatic heterocycles. The van der Waals surface area contributed by atoms with E-state index in [1.54, 1.807) is 6.20 Å². The van der Waals surface area contributed by atoms with Gasteiger partial charge in [0.25, 0.3) is 0 Å². The highest BCUT2D eigenvalue weighted by Crippen LogP contribution is 2.24. The van der Waals surface area contributed by atoms with E-state index < -0.39 is 0 Å². The second-order valence-electron chi connectivity index (χ2n) is 6.15.